The molecule has 0 amide bonds. The minimum atomic E-state index is -3.47. The maximum Gasteiger partial charge on any atom is 0.187 e. The molecular weight excluding hydrogens is 290 g/mol. The minimum Gasteiger partial charge on any atom is -0.297 e. The van der Waals surface area contributed by atoms with E-state index < -0.39 is 21.5 Å². The Morgan fingerprint density at radius 2 is 1.95 bits per heavy atom. The molecule has 0 heterocycles. The van der Waals surface area contributed by atoms with Gasteiger partial charge in [-0.1, -0.05) is 12.1 Å². The number of Topliss-reactive ketones (excluding diaryl/α,β-unsaturated/α-hetero) is 2. The lowest BCUT2D eigenvalue weighted by molar-refractivity contribution is -0.121. The number of aryl methyl sites for hydroxylation is 1. The fourth-order valence-corrected chi connectivity index (χ4v) is 3.17. The SMILES string of the molecule is Cc1ccc(C(=O)C(C#N)C(=O)C2CC2)cc1S(C)(=O)=O. The van der Waals surface area contributed by atoms with Crippen molar-refractivity contribution in [3.63, 3.8) is 0 Å². The smallest absolute Gasteiger partial charge is 0.187 e. The highest BCUT2D eigenvalue weighted by Gasteiger charge is 2.38. The molecule has 21 heavy (non-hydrogen) atoms. The van der Waals surface area contributed by atoms with Gasteiger partial charge in [-0.15, -0.1) is 0 Å². The number of carbonyl (C=O) groups excluding carboxylic acids is 2. The number of nitriles is 1. The zero-order valence-electron chi connectivity index (χ0n) is 11.8. The van der Waals surface area contributed by atoms with E-state index in [0.29, 0.717) is 18.4 Å². The highest BCUT2D eigenvalue weighted by molar-refractivity contribution is 7.90. The maximum atomic E-state index is 12.3. The number of carbonyl (C=O) groups is 2. The Hall–Kier alpha value is -2.00. The largest absolute Gasteiger partial charge is 0.297 e. The highest BCUT2D eigenvalue weighted by atomic mass is 32.2. The van der Waals surface area contributed by atoms with Crippen molar-refractivity contribution >= 4 is 21.4 Å². The molecule has 0 N–H and O–H groups in total. The molecule has 1 atom stereocenters. The Kier molecular flexibility index (Phi) is 3.97. The van der Waals surface area contributed by atoms with E-state index in [0.717, 1.165) is 6.26 Å². The zero-order chi connectivity index (χ0) is 15.8. The van der Waals surface area contributed by atoms with Gasteiger partial charge in [0.2, 0.25) is 0 Å². The van der Waals surface area contributed by atoms with Crippen molar-refractivity contribution < 1.29 is 18.0 Å². The van der Waals surface area contributed by atoms with Crippen LogP contribution in [0.5, 0.6) is 0 Å². The third kappa shape index (κ3) is 3.19. The summed E-state index contributed by atoms with van der Waals surface area (Å²) in [6, 6.07) is 5.96. The van der Waals surface area contributed by atoms with Crippen LogP contribution in [-0.2, 0) is 14.6 Å². The van der Waals surface area contributed by atoms with Gasteiger partial charge in [0.25, 0.3) is 0 Å². The third-order valence-electron chi connectivity index (χ3n) is 3.53. The van der Waals surface area contributed by atoms with Gasteiger partial charge in [-0.3, -0.25) is 9.59 Å². The van der Waals surface area contributed by atoms with Gasteiger partial charge in [0, 0.05) is 17.7 Å². The van der Waals surface area contributed by atoms with Gasteiger partial charge in [-0.25, -0.2) is 8.42 Å². The fraction of sp³-hybridized carbons (Fsp3) is 0.400. The van der Waals surface area contributed by atoms with Crippen LogP contribution in [0.15, 0.2) is 23.1 Å². The number of hydrogen-bond donors (Lipinski definition) is 0. The molecule has 0 saturated heterocycles. The van der Waals surface area contributed by atoms with E-state index >= 15 is 0 Å². The predicted molar refractivity (Wildman–Crippen MR) is 75.5 cm³/mol. The minimum absolute atomic E-state index is 0.0453. The Balaban J connectivity index is 2.39. The fourth-order valence-electron chi connectivity index (χ4n) is 2.17. The van der Waals surface area contributed by atoms with Crippen molar-refractivity contribution in [2.45, 2.75) is 24.7 Å². The van der Waals surface area contributed by atoms with Crippen LogP contribution < -0.4 is 0 Å². The molecule has 0 aromatic heterocycles. The van der Waals surface area contributed by atoms with Gasteiger partial charge >= 0.3 is 0 Å². The van der Waals surface area contributed by atoms with Crippen LogP contribution in [-0.4, -0.2) is 26.2 Å². The second-order valence-corrected chi connectivity index (χ2v) is 7.34. The summed E-state index contributed by atoms with van der Waals surface area (Å²) in [6.07, 6.45) is 2.49. The standard InChI is InChI=1S/C15H15NO4S/c1-9-3-4-11(7-13(9)21(2,19)20)15(18)12(8-16)14(17)10-5-6-10/h3-4,7,10,12H,5-6H2,1-2H3. The van der Waals surface area contributed by atoms with Crippen LogP contribution in [0.25, 0.3) is 0 Å². The lowest BCUT2D eigenvalue weighted by Gasteiger charge is -2.09. The van der Waals surface area contributed by atoms with Gasteiger partial charge in [-0.05, 0) is 31.4 Å². The van der Waals surface area contributed by atoms with Crippen molar-refractivity contribution in [2.75, 3.05) is 6.26 Å². The van der Waals surface area contributed by atoms with Gasteiger partial charge in [0.15, 0.2) is 27.3 Å². The lowest BCUT2D eigenvalue weighted by Crippen LogP contribution is -2.24. The molecule has 110 valence electrons. The summed E-state index contributed by atoms with van der Waals surface area (Å²) in [7, 11) is -3.47. The number of rotatable bonds is 5. The molecule has 1 unspecified atom stereocenters. The van der Waals surface area contributed by atoms with Crippen molar-refractivity contribution in [3.8, 4) is 6.07 Å². The van der Waals surface area contributed by atoms with Crippen LogP contribution in [0.4, 0.5) is 0 Å². The van der Waals surface area contributed by atoms with Crippen LogP contribution in [0.3, 0.4) is 0 Å². The second-order valence-electron chi connectivity index (χ2n) is 5.36. The summed E-state index contributed by atoms with van der Waals surface area (Å²) >= 11 is 0. The maximum absolute atomic E-state index is 12.3. The second kappa shape index (κ2) is 5.41. The van der Waals surface area contributed by atoms with Crippen LogP contribution in [0.2, 0.25) is 0 Å². The monoisotopic (exact) mass is 305 g/mol. The topological polar surface area (TPSA) is 92.1 Å². The molecule has 1 aliphatic carbocycles. The average Bonchev–Trinajstić information content (AvgIpc) is 3.22. The normalized spacial score (nSPS) is 16.0. The Labute approximate surface area is 123 Å². The molecule has 1 aromatic rings. The number of sulfone groups is 1. The van der Waals surface area contributed by atoms with Gasteiger partial charge < -0.3 is 0 Å². The average molecular weight is 305 g/mol. The van der Waals surface area contributed by atoms with Crippen molar-refractivity contribution in [1.29, 1.82) is 5.26 Å². The van der Waals surface area contributed by atoms with E-state index in [1.54, 1.807) is 13.0 Å². The molecule has 1 fully saturated rings. The number of benzene rings is 1. The predicted octanol–water partition coefficient (Wildman–Crippen LogP) is 1.70. The Morgan fingerprint density at radius 1 is 1.33 bits per heavy atom. The first-order chi connectivity index (χ1) is 9.75. The van der Waals surface area contributed by atoms with E-state index in [-0.39, 0.29) is 22.2 Å². The summed E-state index contributed by atoms with van der Waals surface area (Å²) in [5, 5.41) is 9.08. The summed E-state index contributed by atoms with van der Waals surface area (Å²) < 4.78 is 23.4. The van der Waals surface area contributed by atoms with Crippen molar-refractivity contribution in [1.82, 2.24) is 0 Å². The molecule has 5 nitrogen and oxygen atoms in total. The molecule has 0 spiro atoms. The van der Waals surface area contributed by atoms with Gasteiger partial charge in [0.05, 0.1) is 11.0 Å². The molecule has 0 aliphatic heterocycles. The Bertz CT molecular complexity index is 754. The van der Waals surface area contributed by atoms with Crippen LogP contribution in [0, 0.1) is 30.1 Å². The van der Waals surface area contributed by atoms with Gasteiger partial charge in [0.1, 0.15) is 0 Å². The number of hydrogen-bond acceptors (Lipinski definition) is 5. The number of ketones is 2. The highest BCUT2D eigenvalue weighted by Crippen LogP contribution is 2.33. The molecule has 0 radical (unpaired) electrons. The first-order valence-corrected chi connectivity index (χ1v) is 8.43. The quantitative estimate of drug-likeness (QED) is 0.610. The molecular formula is C15H15NO4S. The summed E-state index contributed by atoms with van der Waals surface area (Å²) in [6.45, 7) is 1.63. The summed E-state index contributed by atoms with van der Waals surface area (Å²) in [5.74, 6) is -2.52. The zero-order valence-corrected chi connectivity index (χ0v) is 12.6. The first kappa shape index (κ1) is 15.4. The first-order valence-electron chi connectivity index (χ1n) is 6.54. The van der Waals surface area contributed by atoms with Gasteiger partial charge in [-0.2, -0.15) is 5.26 Å². The molecule has 0 bridgehead atoms. The number of nitrogens with zero attached hydrogens (tertiary/aromatic N) is 1. The van der Waals surface area contributed by atoms with E-state index in [1.807, 2.05) is 0 Å². The third-order valence-corrected chi connectivity index (χ3v) is 4.77. The summed E-state index contributed by atoms with van der Waals surface area (Å²) in [4.78, 5) is 24.3. The molecule has 1 saturated carbocycles. The van der Waals surface area contributed by atoms with E-state index in [4.69, 9.17) is 5.26 Å². The molecule has 1 aromatic carbocycles. The van der Waals surface area contributed by atoms with E-state index in [9.17, 15) is 18.0 Å². The van der Waals surface area contributed by atoms with E-state index in [1.165, 1.54) is 18.2 Å². The Morgan fingerprint density at radius 3 is 2.43 bits per heavy atom. The van der Waals surface area contributed by atoms with Crippen molar-refractivity contribution in [2.24, 2.45) is 11.8 Å². The lowest BCUT2D eigenvalue weighted by atomic mass is 9.92. The molecule has 1 aliphatic rings. The van der Waals surface area contributed by atoms with Crippen LogP contribution in [0.1, 0.15) is 28.8 Å². The summed E-state index contributed by atoms with van der Waals surface area (Å²) in [5.41, 5.74) is 0.609. The molecule has 6 heteroatoms. The van der Waals surface area contributed by atoms with Crippen molar-refractivity contribution in [3.05, 3.63) is 29.3 Å². The van der Waals surface area contributed by atoms with E-state index in [2.05, 4.69) is 0 Å². The van der Waals surface area contributed by atoms with Crippen LogP contribution >= 0.6 is 0 Å². The molecule has 2 rings (SSSR count).